The molecule has 1 amide bonds. The van der Waals surface area contributed by atoms with Crippen molar-refractivity contribution in [2.45, 2.75) is 4.90 Å². The van der Waals surface area contributed by atoms with Gasteiger partial charge in [0.1, 0.15) is 0 Å². The summed E-state index contributed by atoms with van der Waals surface area (Å²) in [5.41, 5.74) is 0.447. The van der Waals surface area contributed by atoms with Gasteiger partial charge in [-0.25, -0.2) is 8.42 Å². The Hall–Kier alpha value is -1.52. The molecule has 0 radical (unpaired) electrons. The van der Waals surface area contributed by atoms with Crippen LogP contribution in [0.1, 0.15) is 0 Å². The van der Waals surface area contributed by atoms with Crippen molar-refractivity contribution in [3.8, 4) is 0 Å². The molecular formula is C15H23N3O5S. The summed E-state index contributed by atoms with van der Waals surface area (Å²) in [6.07, 6.45) is 0. The van der Waals surface area contributed by atoms with Crippen molar-refractivity contribution >= 4 is 21.6 Å². The third kappa shape index (κ3) is 5.25. The molecule has 1 aromatic carbocycles. The smallest absolute Gasteiger partial charge is 0.243 e. The minimum Gasteiger partial charge on any atom is -0.383 e. The number of sulfonamides is 1. The molecule has 2 rings (SSSR count). The highest BCUT2D eigenvalue weighted by molar-refractivity contribution is 7.89. The molecule has 2 N–H and O–H groups in total. The van der Waals surface area contributed by atoms with E-state index in [-0.39, 0.29) is 17.3 Å². The van der Waals surface area contributed by atoms with Crippen LogP contribution in [0.4, 0.5) is 5.69 Å². The zero-order valence-electron chi connectivity index (χ0n) is 13.7. The molecule has 1 aromatic rings. The van der Waals surface area contributed by atoms with Crippen molar-refractivity contribution in [2.24, 2.45) is 0 Å². The maximum Gasteiger partial charge on any atom is 0.243 e. The van der Waals surface area contributed by atoms with Gasteiger partial charge in [0.25, 0.3) is 0 Å². The maximum atomic E-state index is 12.6. The van der Waals surface area contributed by atoms with Gasteiger partial charge in [0.2, 0.25) is 15.9 Å². The first-order valence-electron chi connectivity index (χ1n) is 7.71. The summed E-state index contributed by atoms with van der Waals surface area (Å²) in [6.45, 7) is 2.66. The summed E-state index contributed by atoms with van der Waals surface area (Å²) in [6, 6.07) is 6.27. The molecule has 1 saturated heterocycles. The van der Waals surface area contributed by atoms with Gasteiger partial charge in [0.05, 0.1) is 31.3 Å². The molecule has 0 unspecified atom stereocenters. The SMILES string of the molecule is COCCNCC(=O)Nc1cccc(S(=O)(=O)N2CCOCC2)c1. The topological polar surface area (TPSA) is 97.0 Å². The van der Waals surface area contributed by atoms with Crippen LogP contribution >= 0.6 is 0 Å². The normalized spacial score (nSPS) is 16.0. The lowest BCUT2D eigenvalue weighted by Crippen LogP contribution is -2.40. The maximum absolute atomic E-state index is 12.6. The van der Waals surface area contributed by atoms with E-state index in [1.54, 1.807) is 19.2 Å². The van der Waals surface area contributed by atoms with Crippen molar-refractivity contribution in [2.75, 3.05) is 58.4 Å². The van der Waals surface area contributed by atoms with E-state index in [0.717, 1.165) is 0 Å². The van der Waals surface area contributed by atoms with E-state index < -0.39 is 10.0 Å². The van der Waals surface area contributed by atoms with Gasteiger partial charge in [-0.3, -0.25) is 4.79 Å². The van der Waals surface area contributed by atoms with E-state index in [2.05, 4.69) is 10.6 Å². The van der Waals surface area contributed by atoms with Crippen molar-refractivity contribution in [3.05, 3.63) is 24.3 Å². The summed E-state index contributed by atoms with van der Waals surface area (Å²) in [7, 11) is -1.99. The first-order valence-corrected chi connectivity index (χ1v) is 9.15. The van der Waals surface area contributed by atoms with Gasteiger partial charge in [0, 0.05) is 32.4 Å². The highest BCUT2D eigenvalue weighted by Gasteiger charge is 2.26. The molecule has 24 heavy (non-hydrogen) atoms. The second-order valence-corrected chi connectivity index (χ2v) is 7.20. The lowest BCUT2D eigenvalue weighted by Gasteiger charge is -2.26. The molecule has 0 saturated carbocycles. The number of hydrogen-bond acceptors (Lipinski definition) is 6. The molecule has 8 nitrogen and oxygen atoms in total. The Morgan fingerprint density at radius 1 is 1.33 bits per heavy atom. The van der Waals surface area contributed by atoms with Crippen LogP contribution in [0.3, 0.4) is 0 Å². The molecule has 0 spiro atoms. The van der Waals surface area contributed by atoms with Crippen LogP contribution in [0, 0.1) is 0 Å². The van der Waals surface area contributed by atoms with Crippen molar-refractivity contribution < 1.29 is 22.7 Å². The standard InChI is InChI=1S/C15H23N3O5S/c1-22-8-5-16-12-15(19)17-13-3-2-4-14(11-13)24(20,21)18-6-9-23-10-7-18/h2-4,11,16H,5-10,12H2,1H3,(H,17,19). The fourth-order valence-electron chi connectivity index (χ4n) is 2.25. The molecule has 0 aromatic heterocycles. The molecule has 0 aliphatic carbocycles. The third-order valence-electron chi connectivity index (χ3n) is 3.49. The number of amides is 1. The molecular weight excluding hydrogens is 334 g/mol. The van der Waals surface area contributed by atoms with Gasteiger partial charge < -0.3 is 20.1 Å². The Morgan fingerprint density at radius 2 is 2.08 bits per heavy atom. The van der Waals surface area contributed by atoms with Crippen molar-refractivity contribution in [1.29, 1.82) is 0 Å². The number of ether oxygens (including phenoxy) is 2. The summed E-state index contributed by atoms with van der Waals surface area (Å²) >= 11 is 0. The van der Waals surface area contributed by atoms with Crippen LogP contribution in [0.25, 0.3) is 0 Å². The van der Waals surface area contributed by atoms with E-state index in [9.17, 15) is 13.2 Å². The zero-order valence-corrected chi connectivity index (χ0v) is 14.5. The van der Waals surface area contributed by atoms with Gasteiger partial charge in [0.15, 0.2) is 0 Å². The van der Waals surface area contributed by atoms with Gasteiger partial charge in [-0.15, -0.1) is 0 Å². The number of hydrogen-bond donors (Lipinski definition) is 2. The molecule has 1 aliphatic rings. The van der Waals surface area contributed by atoms with E-state index in [1.165, 1.54) is 16.4 Å². The quantitative estimate of drug-likeness (QED) is 0.630. The molecule has 1 fully saturated rings. The second-order valence-electron chi connectivity index (χ2n) is 5.26. The molecule has 0 bridgehead atoms. The third-order valence-corrected chi connectivity index (χ3v) is 5.39. The summed E-state index contributed by atoms with van der Waals surface area (Å²) < 4.78 is 36.7. The van der Waals surface area contributed by atoms with Crippen LogP contribution in [0.2, 0.25) is 0 Å². The average Bonchev–Trinajstić information content (AvgIpc) is 2.60. The summed E-state index contributed by atoms with van der Waals surface area (Å²) in [4.78, 5) is 12.0. The predicted octanol–water partition coefficient (Wildman–Crippen LogP) is -0.118. The number of anilines is 1. The zero-order chi connectivity index (χ0) is 17.4. The minimum atomic E-state index is -3.57. The lowest BCUT2D eigenvalue weighted by molar-refractivity contribution is -0.115. The van der Waals surface area contributed by atoms with Crippen LogP contribution in [-0.2, 0) is 24.3 Å². The van der Waals surface area contributed by atoms with E-state index in [0.29, 0.717) is 45.1 Å². The Morgan fingerprint density at radius 3 is 2.79 bits per heavy atom. The number of nitrogens with zero attached hydrogens (tertiary/aromatic N) is 1. The van der Waals surface area contributed by atoms with Gasteiger partial charge in [-0.05, 0) is 18.2 Å². The fourth-order valence-corrected chi connectivity index (χ4v) is 3.71. The highest BCUT2D eigenvalue weighted by Crippen LogP contribution is 2.20. The molecule has 1 heterocycles. The second kappa shape index (κ2) is 9.09. The monoisotopic (exact) mass is 357 g/mol. The Kier molecular flexibility index (Phi) is 7.13. The molecule has 9 heteroatoms. The lowest BCUT2D eigenvalue weighted by atomic mass is 10.3. The number of benzene rings is 1. The predicted molar refractivity (Wildman–Crippen MR) is 89.4 cm³/mol. The average molecular weight is 357 g/mol. The van der Waals surface area contributed by atoms with Crippen molar-refractivity contribution in [1.82, 2.24) is 9.62 Å². The Bertz CT molecular complexity index is 644. The fraction of sp³-hybridized carbons (Fsp3) is 0.533. The first-order chi connectivity index (χ1) is 11.5. The van der Waals surface area contributed by atoms with Crippen LogP contribution in [0.15, 0.2) is 29.2 Å². The Labute approximate surface area is 142 Å². The van der Waals surface area contributed by atoms with E-state index in [4.69, 9.17) is 9.47 Å². The van der Waals surface area contributed by atoms with Crippen LogP contribution < -0.4 is 10.6 Å². The van der Waals surface area contributed by atoms with Gasteiger partial charge >= 0.3 is 0 Å². The number of carbonyl (C=O) groups is 1. The van der Waals surface area contributed by atoms with E-state index >= 15 is 0 Å². The summed E-state index contributed by atoms with van der Waals surface area (Å²) in [5, 5.41) is 5.61. The molecule has 0 atom stereocenters. The van der Waals surface area contributed by atoms with Crippen molar-refractivity contribution in [3.63, 3.8) is 0 Å². The first kappa shape index (κ1) is 18.8. The Balaban J connectivity index is 1.99. The number of nitrogens with one attached hydrogen (secondary N) is 2. The molecule has 1 aliphatic heterocycles. The molecule has 134 valence electrons. The van der Waals surface area contributed by atoms with Crippen LogP contribution in [-0.4, -0.2) is 71.7 Å². The van der Waals surface area contributed by atoms with Gasteiger partial charge in [-0.1, -0.05) is 6.07 Å². The number of rotatable bonds is 8. The van der Waals surface area contributed by atoms with E-state index in [1.807, 2.05) is 0 Å². The largest absolute Gasteiger partial charge is 0.383 e. The minimum absolute atomic E-state index is 0.129. The number of methoxy groups -OCH3 is 1. The number of morpholine rings is 1. The van der Waals surface area contributed by atoms with Gasteiger partial charge in [-0.2, -0.15) is 4.31 Å². The number of carbonyl (C=O) groups excluding carboxylic acids is 1. The summed E-state index contributed by atoms with van der Waals surface area (Å²) in [5.74, 6) is -0.243. The van der Waals surface area contributed by atoms with Crippen LogP contribution in [0.5, 0.6) is 0 Å². The highest BCUT2D eigenvalue weighted by atomic mass is 32.2.